The number of carboxylic acids is 1. The predicted octanol–water partition coefficient (Wildman–Crippen LogP) is 8.45. The minimum absolute atomic E-state index is 0.365. The number of aryl methyl sites for hydroxylation is 1. The SMILES string of the molecule is CCC(Oc1ccc(SCc2cc(-c3ccc(C(F)(F)F)cc3)oc2CSC(C)C)cc1C)C(=O)O. The maximum absolute atomic E-state index is 12.9. The van der Waals surface area contributed by atoms with Crippen LogP contribution >= 0.6 is 23.5 Å². The zero-order valence-corrected chi connectivity index (χ0v) is 22.2. The molecular formula is C27H29F3O4S2. The van der Waals surface area contributed by atoms with Gasteiger partial charge in [0.1, 0.15) is 17.3 Å². The molecule has 1 aromatic heterocycles. The smallest absolute Gasteiger partial charge is 0.416 e. The fraction of sp³-hybridized carbons (Fsp3) is 0.370. The lowest BCUT2D eigenvalue weighted by molar-refractivity contribution is -0.145. The zero-order valence-electron chi connectivity index (χ0n) is 20.5. The molecule has 36 heavy (non-hydrogen) atoms. The van der Waals surface area contributed by atoms with Crippen molar-refractivity contribution in [2.24, 2.45) is 0 Å². The molecule has 2 aromatic carbocycles. The lowest BCUT2D eigenvalue weighted by atomic mass is 10.1. The standard InChI is InChI=1S/C27H29F3O4S2/c1-5-22(26(31)32)33-23-11-10-21(12-17(23)4)36-14-19-13-24(34-25(19)15-35-16(2)3)18-6-8-20(9-7-18)27(28,29)30/h6-13,16,22H,5,14-15H2,1-4H3,(H,31,32). The highest BCUT2D eigenvalue weighted by Crippen LogP contribution is 2.36. The Morgan fingerprint density at radius 1 is 1.08 bits per heavy atom. The highest BCUT2D eigenvalue weighted by atomic mass is 32.2. The zero-order chi connectivity index (χ0) is 26.5. The summed E-state index contributed by atoms with van der Waals surface area (Å²) >= 11 is 3.33. The van der Waals surface area contributed by atoms with Crippen LogP contribution in [0.4, 0.5) is 13.2 Å². The van der Waals surface area contributed by atoms with Crippen LogP contribution in [-0.4, -0.2) is 22.4 Å². The monoisotopic (exact) mass is 538 g/mol. The third kappa shape index (κ3) is 7.49. The fourth-order valence-corrected chi connectivity index (χ4v) is 5.11. The predicted molar refractivity (Wildman–Crippen MR) is 139 cm³/mol. The number of furan rings is 1. The highest BCUT2D eigenvalue weighted by molar-refractivity contribution is 7.99. The van der Waals surface area contributed by atoms with Crippen LogP contribution in [0.2, 0.25) is 0 Å². The molecule has 0 amide bonds. The number of carbonyl (C=O) groups is 1. The Labute approximate surface area is 217 Å². The topological polar surface area (TPSA) is 59.7 Å². The molecule has 1 atom stereocenters. The Kier molecular flexibility index (Phi) is 9.47. The first-order valence-corrected chi connectivity index (χ1v) is 13.5. The summed E-state index contributed by atoms with van der Waals surface area (Å²) in [6.07, 6.45) is -4.91. The molecule has 1 unspecified atom stereocenters. The van der Waals surface area contributed by atoms with Crippen LogP contribution in [-0.2, 0) is 22.5 Å². The molecule has 0 fully saturated rings. The summed E-state index contributed by atoms with van der Waals surface area (Å²) in [6.45, 7) is 7.83. The molecule has 9 heteroatoms. The lowest BCUT2D eigenvalue weighted by Crippen LogP contribution is -2.26. The van der Waals surface area contributed by atoms with Crippen LogP contribution in [0.15, 0.2) is 57.8 Å². The maximum Gasteiger partial charge on any atom is 0.416 e. The van der Waals surface area contributed by atoms with Crippen molar-refractivity contribution in [1.29, 1.82) is 0 Å². The lowest BCUT2D eigenvalue weighted by Gasteiger charge is -2.15. The van der Waals surface area contributed by atoms with Gasteiger partial charge >= 0.3 is 12.1 Å². The van der Waals surface area contributed by atoms with E-state index in [1.807, 2.05) is 25.1 Å². The van der Waals surface area contributed by atoms with Gasteiger partial charge in [0.2, 0.25) is 0 Å². The molecule has 0 aliphatic heterocycles. The first kappa shape index (κ1) is 28.1. The van der Waals surface area contributed by atoms with E-state index in [0.29, 0.717) is 40.2 Å². The van der Waals surface area contributed by atoms with Crippen molar-refractivity contribution < 1.29 is 32.2 Å². The molecule has 0 spiro atoms. The molecule has 194 valence electrons. The maximum atomic E-state index is 12.9. The number of rotatable bonds is 11. The molecule has 4 nitrogen and oxygen atoms in total. The van der Waals surface area contributed by atoms with Gasteiger partial charge < -0.3 is 14.3 Å². The molecule has 0 radical (unpaired) electrons. The van der Waals surface area contributed by atoms with E-state index >= 15 is 0 Å². The summed E-state index contributed by atoms with van der Waals surface area (Å²) in [4.78, 5) is 12.3. The Bertz CT molecular complexity index is 1170. The van der Waals surface area contributed by atoms with E-state index in [1.165, 1.54) is 12.1 Å². The third-order valence-corrected chi connectivity index (χ3v) is 7.54. The van der Waals surface area contributed by atoms with Crippen molar-refractivity contribution in [1.82, 2.24) is 0 Å². The van der Waals surface area contributed by atoms with Gasteiger partial charge in [-0.3, -0.25) is 0 Å². The average Bonchev–Trinajstić information content (AvgIpc) is 3.23. The van der Waals surface area contributed by atoms with Gasteiger partial charge in [-0.15, -0.1) is 11.8 Å². The molecule has 0 bridgehead atoms. The van der Waals surface area contributed by atoms with Gasteiger partial charge in [0.25, 0.3) is 0 Å². The average molecular weight is 539 g/mol. The first-order chi connectivity index (χ1) is 17.0. The number of carboxylic acid groups (broad SMARTS) is 1. The fourth-order valence-electron chi connectivity index (χ4n) is 3.39. The van der Waals surface area contributed by atoms with Crippen LogP contribution in [0.5, 0.6) is 5.75 Å². The van der Waals surface area contributed by atoms with Crippen molar-refractivity contribution in [2.45, 2.75) is 68.0 Å². The largest absolute Gasteiger partial charge is 0.479 e. The number of thioether (sulfide) groups is 2. The van der Waals surface area contributed by atoms with E-state index < -0.39 is 23.8 Å². The van der Waals surface area contributed by atoms with Gasteiger partial charge in [0.05, 0.1) is 11.3 Å². The molecule has 0 saturated carbocycles. The summed E-state index contributed by atoms with van der Waals surface area (Å²) in [5.41, 5.74) is 1.72. The number of aliphatic carboxylic acids is 1. The molecule has 3 rings (SSSR count). The number of hydrogen-bond acceptors (Lipinski definition) is 5. The summed E-state index contributed by atoms with van der Waals surface area (Å²) in [7, 11) is 0. The number of hydrogen-bond donors (Lipinski definition) is 1. The number of ether oxygens (including phenoxy) is 1. The molecule has 1 heterocycles. The third-order valence-electron chi connectivity index (χ3n) is 5.40. The summed E-state index contributed by atoms with van der Waals surface area (Å²) in [5.74, 6) is 2.16. The minimum Gasteiger partial charge on any atom is -0.479 e. The van der Waals surface area contributed by atoms with Gasteiger partial charge in [-0.25, -0.2) is 4.79 Å². The quantitative estimate of drug-likeness (QED) is 0.247. The summed E-state index contributed by atoms with van der Waals surface area (Å²) in [6, 6.07) is 12.5. The van der Waals surface area contributed by atoms with Crippen LogP contribution in [0, 0.1) is 6.92 Å². The molecule has 0 saturated heterocycles. The molecule has 1 N–H and O–H groups in total. The van der Waals surface area contributed by atoms with E-state index in [9.17, 15) is 23.1 Å². The number of halogens is 3. The summed E-state index contributed by atoms with van der Waals surface area (Å²) < 4.78 is 50.5. The highest BCUT2D eigenvalue weighted by Gasteiger charge is 2.30. The molecule has 0 aliphatic rings. The van der Waals surface area contributed by atoms with Gasteiger partial charge in [-0.2, -0.15) is 24.9 Å². The second kappa shape index (κ2) is 12.1. The van der Waals surface area contributed by atoms with Crippen LogP contribution in [0.1, 0.15) is 49.6 Å². The van der Waals surface area contributed by atoms with Gasteiger partial charge in [0, 0.05) is 21.8 Å². The van der Waals surface area contributed by atoms with E-state index in [2.05, 4.69) is 13.8 Å². The van der Waals surface area contributed by atoms with Crippen molar-refractivity contribution in [3.63, 3.8) is 0 Å². The van der Waals surface area contributed by atoms with Crippen LogP contribution in [0.3, 0.4) is 0 Å². The van der Waals surface area contributed by atoms with E-state index in [4.69, 9.17) is 9.15 Å². The van der Waals surface area contributed by atoms with Crippen molar-refractivity contribution in [2.75, 3.05) is 0 Å². The van der Waals surface area contributed by atoms with Crippen molar-refractivity contribution in [3.05, 3.63) is 71.0 Å². The Morgan fingerprint density at radius 3 is 2.33 bits per heavy atom. The van der Waals surface area contributed by atoms with Crippen LogP contribution < -0.4 is 4.74 Å². The van der Waals surface area contributed by atoms with Crippen molar-refractivity contribution >= 4 is 29.5 Å². The van der Waals surface area contributed by atoms with Gasteiger partial charge in [-0.05, 0) is 60.6 Å². The van der Waals surface area contributed by atoms with E-state index in [0.717, 1.165) is 33.9 Å². The minimum atomic E-state index is -4.38. The van der Waals surface area contributed by atoms with Gasteiger partial charge in [-0.1, -0.05) is 32.9 Å². The Hall–Kier alpha value is -2.52. The van der Waals surface area contributed by atoms with Crippen LogP contribution in [0.25, 0.3) is 11.3 Å². The van der Waals surface area contributed by atoms with E-state index in [-0.39, 0.29) is 0 Å². The second-order valence-corrected chi connectivity index (χ2v) is 11.2. The first-order valence-electron chi connectivity index (χ1n) is 11.5. The van der Waals surface area contributed by atoms with E-state index in [1.54, 1.807) is 36.5 Å². The summed E-state index contributed by atoms with van der Waals surface area (Å²) in [5, 5.41) is 9.64. The molecule has 0 aliphatic carbocycles. The Balaban J connectivity index is 1.78. The Morgan fingerprint density at radius 2 is 1.78 bits per heavy atom. The number of alkyl halides is 3. The second-order valence-electron chi connectivity index (χ2n) is 8.56. The normalized spacial score (nSPS) is 12.7. The van der Waals surface area contributed by atoms with Crippen molar-refractivity contribution in [3.8, 4) is 17.1 Å². The molecular weight excluding hydrogens is 509 g/mol. The number of benzene rings is 2. The molecule has 3 aromatic rings. The van der Waals surface area contributed by atoms with Gasteiger partial charge in [0.15, 0.2) is 6.10 Å².